The molecule has 1 atom stereocenters. The summed E-state index contributed by atoms with van der Waals surface area (Å²) in [6.45, 7) is 0.180. The molecule has 1 unspecified atom stereocenters. The molecule has 0 bridgehead atoms. The van der Waals surface area contributed by atoms with Crippen LogP contribution in [0.3, 0.4) is 0 Å². The van der Waals surface area contributed by atoms with Crippen LogP contribution in [0.15, 0.2) is 30.5 Å². The van der Waals surface area contributed by atoms with Crippen LogP contribution in [-0.2, 0) is 11.3 Å². The smallest absolute Gasteiger partial charge is 0.336 e. The number of nitrogens with one attached hydrogen (secondary N) is 1. The molecule has 0 fully saturated rings. The van der Waals surface area contributed by atoms with Gasteiger partial charge in [-0.15, -0.1) is 0 Å². The van der Waals surface area contributed by atoms with Gasteiger partial charge in [0.2, 0.25) is 0 Å². The topological polar surface area (TPSA) is 272 Å². The summed E-state index contributed by atoms with van der Waals surface area (Å²) in [6.07, 6.45) is 1.39. The zero-order valence-corrected chi connectivity index (χ0v) is 16.9. The highest BCUT2D eigenvalue weighted by atomic mass is 16.4. The average molecular weight is 456 g/mol. The van der Waals surface area contributed by atoms with Crippen LogP contribution in [0.1, 0.15) is 17.3 Å². The molecule has 12 N–H and O–H groups in total. The summed E-state index contributed by atoms with van der Waals surface area (Å²) in [5.41, 5.74) is 17.4. The highest BCUT2D eigenvalue weighted by molar-refractivity contribution is 5.97. The largest absolute Gasteiger partial charge is 0.480 e. The van der Waals surface area contributed by atoms with E-state index in [4.69, 9.17) is 34.0 Å². The van der Waals surface area contributed by atoms with Crippen LogP contribution in [0.4, 0.5) is 27.0 Å². The number of hydrogen-bond donors (Lipinski definition) is 7. The number of carboxylic acid groups (broad SMARTS) is 1. The third-order valence-corrected chi connectivity index (χ3v) is 4.35. The molecule has 0 radical (unpaired) electrons. The quantitative estimate of drug-likeness (QED) is 0.123. The number of carbonyl (C=O) groups is 3. The Kier molecular flexibility index (Phi) is 6.43. The number of rotatable bonds is 7. The molecule has 3 aromatic rings. The van der Waals surface area contributed by atoms with E-state index >= 15 is 0 Å². The number of amides is 4. The van der Waals surface area contributed by atoms with Crippen molar-refractivity contribution in [1.82, 2.24) is 19.9 Å². The molecule has 172 valence electrons. The van der Waals surface area contributed by atoms with E-state index in [0.29, 0.717) is 27.0 Å². The second-order valence-corrected chi connectivity index (χ2v) is 6.59. The number of anilines is 3. The highest BCUT2D eigenvalue weighted by Gasteiger charge is 2.22. The van der Waals surface area contributed by atoms with Crippen LogP contribution in [0.25, 0.3) is 11.2 Å². The summed E-state index contributed by atoms with van der Waals surface area (Å²) < 4.78 is 0. The number of benzene rings is 1. The lowest BCUT2D eigenvalue weighted by atomic mass is 10.1. The van der Waals surface area contributed by atoms with Crippen LogP contribution in [0.5, 0.6) is 0 Å². The lowest BCUT2D eigenvalue weighted by molar-refractivity contribution is -0.138. The van der Waals surface area contributed by atoms with Gasteiger partial charge in [-0.2, -0.15) is 15.0 Å². The molecule has 2 heterocycles. The molecule has 0 spiro atoms. The Hall–Kier alpha value is -4.67. The van der Waals surface area contributed by atoms with Gasteiger partial charge in [0.15, 0.2) is 17.0 Å². The first-order chi connectivity index (χ1) is 15.6. The van der Waals surface area contributed by atoms with Gasteiger partial charge in [-0.3, -0.25) is 4.79 Å². The van der Waals surface area contributed by atoms with Gasteiger partial charge < -0.3 is 27.6 Å². The van der Waals surface area contributed by atoms with Crippen molar-refractivity contribution in [1.29, 1.82) is 0 Å². The molecule has 0 saturated heterocycles. The lowest BCUT2D eigenvalue weighted by Gasteiger charge is -2.18. The molecular weight excluding hydrogens is 436 g/mol. The maximum absolute atomic E-state index is 11.6. The molecule has 3 rings (SSSR count). The predicted molar refractivity (Wildman–Crippen MR) is 116 cm³/mol. The Labute approximate surface area is 185 Å². The third kappa shape index (κ3) is 4.98. The monoisotopic (exact) mass is 456 g/mol. The number of fused-ring (bicyclic) bond motifs is 1. The summed E-state index contributed by atoms with van der Waals surface area (Å²) in [5, 5.41) is 13.0. The molecule has 0 saturated carbocycles. The molecule has 4 amide bonds. The number of aromatic nitrogens is 4. The number of nitrogens with zero attached hydrogens (tertiary/aromatic N) is 6. The Bertz CT molecular complexity index is 1220. The number of primary amides is 2. The summed E-state index contributed by atoms with van der Waals surface area (Å²) in [7, 11) is 0. The van der Waals surface area contributed by atoms with Crippen molar-refractivity contribution >= 4 is 46.6 Å². The zero-order chi connectivity index (χ0) is 24.3. The number of aliphatic carboxylic acids is 1. The summed E-state index contributed by atoms with van der Waals surface area (Å²) in [5.74, 6) is 9.44. The van der Waals surface area contributed by atoms with Gasteiger partial charge >= 0.3 is 18.0 Å². The Morgan fingerprint density at radius 2 is 1.64 bits per heavy atom. The van der Waals surface area contributed by atoms with E-state index in [1.165, 1.54) is 6.20 Å². The summed E-state index contributed by atoms with van der Waals surface area (Å²) >= 11 is 0. The van der Waals surface area contributed by atoms with Gasteiger partial charge in [0.25, 0.3) is 5.95 Å². The SMILES string of the molecule is NC(=O)N(N)c1nc(N(N)C(N)=O)c2nc(CNc3ccc(C(N)C(=O)O)cc3)cnc2n1. The Morgan fingerprint density at radius 3 is 2.21 bits per heavy atom. The second kappa shape index (κ2) is 9.22. The molecule has 0 aliphatic carbocycles. The number of hydrazine groups is 2. The van der Waals surface area contributed by atoms with Crippen molar-refractivity contribution in [2.24, 2.45) is 28.9 Å². The summed E-state index contributed by atoms with van der Waals surface area (Å²) in [6, 6.07) is 3.22. The number of nitrogens with two attached hydrogens (primary N) is 5. The maximum Gasteiger partial charge on any atom is 0.336 e. The molecule has 33 heavy (non-hydrogen) atoms. The van der Waals surface area contributed by atoms with Gasteiger partial charge in [-0.1, -0.05) is 12.1 Å². The minimum absolute atomic E-state index is 0.0139. The number of hydrogen-bond acceptors (Lipinski definition) is 11. The minimum Gasteiger partial charge on any atom is -0.480 e. The standard InChI is InChI=1S/C17H20N12O4/c18-10(14(30)31)7-1-3-8(4-2-7)23-5-9-6-24-12-11(25-9)13(28(21)15(19)32)27-17(26-12)29(22)16(20)33/h1-4,6,10,23H,5,18,21-22H2,(H2,19,32)(H2,20,33)(H,30,31). The van der Waals surface area contributed by atoms with Crippen molar-refractivity contribution in [2.45, 2.75) is 12.6 Å². The normalized spacial score (nSPS) is 11.6. The molecular formula is C17H20N12O4. The molecule has 2 aromatic heterocycles. The van der Waals surface area contributed by atoms with E-state index in [9.17, 15) is 14.4 Å². The molecule has 0 aliphatic rings. The first-order valence-corrected chi connectivity index (χ1v) is 9.13. The van der Waals surface area contributed by atoms with E-state index in [1.54, 1.807) is 24.3 Å². The van der Waals surface area contributed by atoms with Crippen molar-refractivity contribution in [2.75, 3.05) is 15.3 Å². The van der Waals surface area contributed by atoms with Crippen LogP contribution in [0, 0.1) is 0 Å². The first kappa shape index (κ1) is 23.0. The van der Waals surface area contributed by atoms with Gasteiger partial charge in [0, 0.05) is 5.69 Å². The number of urea groups is 2. The molecule has 1 aromatic carbocycles. The summed E-state index contributed by atoms with van der Waals surface area (Å²) in [4.78, 5) is 50.4. The van der Waals surface area contributed by atoms with Gasteiger partial charge in [0.1, 0.15) is 6.04 Å². The van der Waals surface area contributed by atoms with Crippen molar-refractivity contribution < 1.29 is 19.5 Å². The van der Waals surface area contributed by atoms with Gasteiger partial charge in [-0.05, 0) is 17.7 Å². The minimum atomic E-state index is -1.14. The number of carbonyl (C=O) groups excluding carboxylic acids is 2. The fourth-order valence-corrected chi connectivity index (χ4v) is 2.63. The van der Waals surface area contributed by atoms with Crippen LogP contribution < -0.4 is 44.2 Å². The lowest BCUT2D eigenvalue weighted by Crippen LogP contribution is -2.45. The molecule has 16 heteroatoms. The molecule has 0 aliphatic heterocycles. The fourth-order valence-electron chi connectivity index (χ4n) is 2.63. The average Bonchev–Trinajstić information content (AvgIpc) is 2.80. The van der Waals surface area contributed by atoms with Gasteiger partial charge in [-0.25, -0.2) is 36.3 Å². The van der Waals surface area contributed by atoms with Gasteiger partial charge in [0.05, 0.1) is 18.4 Å². The fraction of sp³-hybridized carbons (Fsp3) is 0.118. The van der Waals surface area contributed by atoms with E-state index in [1.807, 2.05) is 0 Å². The van der Waals surface area contributed by atoms with Crippen molar-refractivity contribution in [3.05, 3.63) is 41.7 Å². The van der Waals surface area contributed by atoms with E-state index in [-0.39, 0.29) is 29.5 Å². The highest BCUT2D eigenvalue weighted by Crippen LogP contribution is 2.22. The van der Waals surface area contributed by atoms with E-state index in [2.05, 4.69) is 25.3 Å². The third-order valence-electron chi connectivity index (χ3n) is 4.35. The zero-order valence-electron chi connectivity index (χ0n) is 16.9. The first-order valence-electron chi connectivity index (χ1n) is 9.13. The number of carboxylic acids is 1. The Morgan fingerprint density at radius 1 is 1.00 bits per heavy atom. The maximum atomic E-state index is 11.6. The van der Waals surface area contributed by atoms with Crippen LogP contribution >= 0.6 is 0 Å². The predicted octanol–water partition coefficient (Wildman–Crippen LogP) is -1.37. The van der Waals surface area contributed by atoms with Crippen molar-refractivity contribution in [3.63, 3.8) is 0 Å². The molecule has 16 nitrogen and oxygen atoms in total. The van der Waals surface area contributed by atoms with Crippen LogP contribution in [-0.4, -0.2) is 43.1 Å². The second-order valence-electron chi connectivity index (χ2n) is 6.59. The van der Waals surface area contributed by atoms with E-state index in [0.717, 1.165) is 0 Å². The Balaban J connectivity index is 1.90. The van der Waals surface area contributed by atoms with Crippen LogP contribution in [0.2, 0.25) is 0 Å². The van der Waals surface area contributed by atoms with Crippen molar-refractivity contribution in [3.8, 4) is 0 Å². The van der Waals surface area contributed by atoms with E-state index < -0.39 is 24.1 Å².